The number of thiophene rings is 1. The van der Waals surface area contributed by atoms with Gasteiger partial charge in [0, 0.05) is 10.2 Å². The lowest BCUT2D eigenvalue weighted by atomic mass is 10.1. The summed E-state index contributed by atoms with van der Waals surface area (Å²) < 4.78 is 1.00. The second kappa shape index (κ2) is 5.43. The predicted molar refractivity (Wildman–Crippen MR) is 80.9 cm³/mol. The highest BCUT2D eigenvalue weighted by atomic mass is 79.9. The van der Waals surface area contributed by atoms with Gasteiger partial charge in [-0.25, -0.2) is 0 Å². The summed E-state index contributed by atoms with van der Waals surface area (Å²) in [6.07, 6.45) is 0. The van der Waals surface area contributed by atoms with Crippen LogP contribution in [0.2, 0.25) is 5.02 Å². The summed E-state index contributed by atoms with van der Waals surface area (Å²) in [7, 11) is 0. The molecule has 1 N–H and O–H groups in total. The fourth-order valence-corrected chi connectivity index (χ4v) is 3.46. The van der Waals surface area contributed by atoms with Crippen LogP contribution >= 0.6 is 38.9 Å². The van der Waals surface area contributed by atoms with Gasteiger partial charge in [-0.1, -0.05) is 27.5 Å². The Morgan fingerprint density at radius 3 is 2.44 bits per heavy atom. The second-order valence-corrected chi connectivity index (χ2v) is 6.21. The van der Waals surface area contributed by atoms with E-state index in [-0.39, 0.29) is 5.91 Å². The van der Waals surface area contributed by atoms with Crippen molar-refractivity contribution < 1.29 is 4.79 Å². The molecule has 94 valence electrons. The zero-order valence-corrected chi connectivity index (χ0v) is 13.0. The van der Waals surface area contributed by atoms with Gasteiger partial charge >= 0.3 is 0 Å². The van der Waals surface area contributed by atoms with Crippen LogP contribution in [-0.2, 0) is 0 Å². The van der Waals surface area contributed by atoms with Crippen molar-refractivity contribution in [3.05, 3.63) is 49.1 Å². The third-order valence-electron chi connectivity index (χ3n) is 2.56. The van der Waals surface area contributed by atoms with Crippen molar-refractivity contribution in [2.45, 2.75) is 13.8 Å². The molecule has 0 unspecified atom stereocenters. The lowest BCUT2D eigenvalue weighted by Crippen LogP contribution is -2.12. The first-order chi connectivity index (χ1) is 8.49. The van der Waals surface area contributed by atoms with E-state index in [9.17, 15) is 4.79 Å². The molecule has 5 heteroatoms. The Kier molecular flexibility index (Phi) is 4.10. The normalized spacial score (nSPS) is 10.4. The largest absolute Gasteiger partial charge is 0.321 e. The minimum absolute atomic E-state index is 0.163. The first-order valence-corrected chi connectivity index (χ1v) is 7.35. The maximum absolute atomic E-state index is 12.1. The van der Waals surface area contributed by atoms with Crippen molar-refractivity contribution in [3.63, 3.8) is 0 Å². The number of hydrogen-bond acceptors (Lipinski definition) is 2. The molecule has 0 aliphatic carbocycles. The van der Waals surface area contributed by atoms with Crippen molar-refractivity contribution in [1.82, 2.24) is 0 Å². The quantitative estimate of drug-likeness (QED) is 0.813. The minimum atomic E-state index is -0.163. The Labute approximate surface area is 123 Å². The van der Waals surface area contributed by atoms with Gasteiger partial charge in [-0.3, -0.25) is 4.79 Å². The van der Waals surface area contributed by atoms with E-state index in [0.717, 1.165) is 21.3 Å². The first kappa shape index (κ1) is 13.6. The average Bonchev–Trinajstić information content (AvgIpc) is 2.69. The smallest absolute Gasteiger partial charge is 0.267 e. The number of halogens is 2. The number of rotatable bonds is 2. The lowest BCUT2D eigenvalue weighted by Gasteiger charge is -2.11. The highest BCUT2D eigenvalue weighted by Crippen LogP contribution is 2.28. The van der Waals surface area contributed by atoms with Gasteiger partial charge in [-0.2, -0.15) is 0 Å². The van der Waals surface area contributed by atoms with Crippen molar-refractivity contribution in [2.24, 2.45) is 0 Å². The molecular weight excluding hydrogens is 334 g/mol. The Morgan fingerprint density at radius 2 is 1.94 bits per heavy atom. The molecule has 0 saturated heterocycles. The van der Waals surface area contributed by atoms with Gasteiger partial charge < -0.3 is 5.32 Å². The summed E-state index contributed by atoms with van der Waals surface area (Å²) >= 11 is 10.7. The third-order valence-corrected chi connectivity index (χ3v) is 4.36. The number of carbonyl (C=O) groups is 1. The Hall–Kier alpha value is -0.840. The molecule has 0 aliphatic heterocycles. The van der Waals surface area contributed by atoms with Crippen LogP contribution in [0.4, 0.5) is 5.69 Å². The van der Waals surface area contributed by atoms with Crippen LogP contribution in [0.25, 0.3) is 0 Å². The van der Waals surface area contributed by atoms with Crippen LogP contribution in [0.5, 0.6) is 0 Å². The van der Waals surface area contributed by atoms with Crippen LogP contribution in [-0.4, -0.2) is 5.91 Å². The Balaban J connectivity index is 2.31. The van der Waals surface area contributed by atoms with E-state index >= 15 is 0 Å². The van der Waals surface area contributed by atoms with Gasteiger partial charge in [0.25, 0.3) is 5.91 Å². The van der Waals surface area contributed by atoms with Crippen LogP contribution in [0.15, 0.2) is 28.1 Å². The zero-order chi connectivity index (χ0) is 13.3. The van der Waals surface area contributed by atoms with E-state index < -0.39 is 0 Å². The molecule has 2 aromatic rings. The standard InChI is InChI=1S/C13H11BrClNOS/c1-7-5-9(14)6-8(2)11(7)16-13(17)12-10(15)3-4-18-12/h3-6H,1-2H3,(H,16,17). The van der Waals surface area contributed by atoms with Crippen molar-refractivity contribution in [2.75, 3.05) is 5.32 Å². The predicted octanol–water partition coefficient (Wildman–Crippen LogP) is 5.03. The molecule has 0 radical (unpaired) electrons. The molecule has 18 heavy (non-hydrogen) atoms. The molecular formula is C13H11BrClNOS. The molecule has 0 saturated carbocycles. The van der Waals surface area contributed by atoms with E-state index in [1.807, 2.05) is 26.0 Å². The molecule has 0 fully saturated rings. The summed E-state index contributed by atoms with van der Waals surface area (Å²) in [6, 6.07) is 5.67. The van der Waals surface area contributed by atoms with Gasteiger partial charge in [-0.05, 0) is 48.6 Å². The summed E-state index contributed by atoms with van der Waals surface area (Å²) in [5.74, 6) is -0.163. The summed E-state index contributed by atoms with van der Waals surface area (Å²) in [5.41, 5.74) is 2.87. The number of benzene rings is 1. The van der Waals surface area contributed by atoms with Crippen molar-refractivity contribution in [1.29, 1.82) is 0 Å². The van der Waals surface area contributed by atoms with E-state index in [4.69, 9.17) is 11.6 Å². The fraction of sp³-hybridized carbons (Fsp3) is 0.154. The van der Waals surface area contributed by atoms with Crippen LogP contribution in [0.1, 0.15) is 20.8 Å². The highest BCUT2D eigenvalue weighted by molar-refractivity contribution is 9.10. The molecule has 0 aliphatic rings. The second-order valence-electron chi connectivity index (χ2n) is 3.97. The lowest BCUT2D eigenvalue weighted by molar-refractivity contribution is 0.103. The molecule has 1 aromatic heterocycles. The molecule has 1 aromatic carbocycles. The van der Waals surface area contributed by atoms with Gasteiger partial charge in [0.05, 0.1) is 5.02 Å². The van der Waals surface area contributed by atoms with Crippen LogP contribution in [0.3, 0.4) is 0 Å². The number of carbonyl (C=O) groups excluding carboxylic acids is 1. The van der Waals surface area contributed by atoms with Gasteiger partial charge in [0.1, 0.15) is 4.88 Å². The maximum Gasteiger partial charge on any atom is 0.267 e. The molecule has 1 heterocycles. The van der Waals surface area contributed by atoms with E-state index in [0.29, 0.717) is 9.90 Å². The monoisotopic (exact) mass is 343 g/mol. The first-order valence-electron chi connectivity index (χ1n) is 5.30. The Morgan fingerprint density at radius 1 is 1.33 bits per heavy atom. The fourth-order valence-electron chi connectivity index (χ4n) is 1.73. The number of amides is 1. The molecule has 0 bridgehead atoms. The van der Waals surface area contributed by atoms with Crippen molar-refractivity contribution >= 4 is 50.5 Å². The van der Waals surface area contributed by atoms with E-state index in [1.54, 1.807) is 11.4 Å². The molecule has 0 atom stereocenters. The van der Waals surface area contributed by atoms with Gasteiger partial charge in [0.2, 0.25) is 0 Å². The van der Waals surface area contributed by atoms with Gasteiger partial charge in [0.15, 0.2) is 0 Å². The average molecular weight is 345 g/mol. The zero-order valence-electron chi connectivity index (χ0n) is 9.88. The van der Waals surface area contributed by atoms with Crippen LogP contribution in [0, 0.1) is 13.8 Å². The van der Waals surface area contributed by atoms with E-state index in [2.05, 4.69) is 21.2 Å². The summed E-state index contributed by atoms with van der Waals surface area (Å²) in [5, 5.41) is 5.21. The topological polar surface area (TPSA) is 29.1 Å². The van der Waals surface area contributed by atoms with Gasteiger partial charge in [-0.15, -0.1) is 11.3 Å². The van der Waals surface area contributed by atoms with E-state index in [1.165, 1.54) is 11.3 Å². The number of hydrogen-bond donors (Lipinski definition) is 1. The molecule has 2 nitrogen and oxygen atoms in total. The molecule has 0 spiro atoms. The van der Waals surface area contributed by atoms with Crippen molar-refractivity contribution in [3.8, 4) is 0 Å². The molecule has 2 rings (SSSR count). The SMILES string of the molecule is Cc1cc(Br)cc(C)c1NC(=O)c1sccc1Cl. The number of anilines is 1. The number of nitrogens with one attached hydrogen (secondary N) is 1. The highest BCUT2D eigenvalue weighted by Gasteiger charge is 2.14. The minimum Gasteiger partial charge on any atom is -0.321 e. The third kappa shape index (κ3) is 2.76. The van der Waals surface area contributed by atoms with Crippen LogP contribution < -0.4 is 5.32 Å². The summed E-state index contributed by atoms with van der Waals surface area (Å²) in [4.78, 5) is 12.6. The number of aryl methyl sites for hydroxylation is 2. The maximum atomic E-state index is 12.1. The molecule has 1 amide bonds. The summed E-state index contributed by atoms with van der Waals surface area (Å²) in [6.45, 7) is 3.92. The Bertz CT molecular complexity index is 586.